The number of thiophene rings is 1. The average molecular weight is 385 g/mol. The average Bonchev–Trinajstić information content (AvgIpc) is 3.20. The van der Waals surface area contributed by atoms with Crippen LogP contribution in [0.3, 0.4) is 0 Å². The molecular weight excluding hydrogens is 365 g/mol. The Morgan fingerprint density at radius 1 is 1.07 bits per heavy atom. The first-order chi connectivity index (χ1) is 13.1. The molecule has 0 aliphatic heterocycles. The van der Waals surface area contributed by atoms with Gasteiger partial charge in [-0.25, -0.2) is 4.39 Å². The zero-order valence-electron chi connectivity index (χ0n) is 15.1. The van der Waals surface area contributed by atoms with Crippen LogP contribution in [0.1, 0.15) is 11.8 Å². The second kappa shape index (κ2) is 8.68. The molecule has 1 unspecified atom stereocenters. The highest BCUT2D eigenvalue weighted by Gasteiger charge is 2.24. The van der Waals surface area contributed by atoms with E-state index in [1.54, 1.807) is 66.7 Å². The monoisotopic (exact) mass is 385 g/mol. The number of anilines is 1. The van der Waals surface area contributed by atoms with Crippen LogP contribution < -0.4 is 14.4 Å². The highest BCUT2D eigenvalue weighted by Crippen LogP contribution is 2.23. The number of halogens is 1. The van der Waals surface area contributed by atoms with Crippen molar-refractivity contribution in [2.24, 2.45) is 0 Å². The molecule has 0 aliphatic rings. The van der Waals surface area contributed by atoms with Crippen LogP contribution in [-0.4, -0.2) is 19.1 Å². The van der Waals surface area contributed by atoms with E-state index < -0.39 is 6.10 Å². The molecule has 140 valence electrons. The maximum Gasteiger partial charge on any atom is 0.268 e. The molecule has 6 heteroatoms. The normalized spacial score (nSPS) is 11.7. The van der Waals surface area contributed by atoms with Gasteiger partial charge >= 0.3 is 0 Å². The van der Waals surface area contributed by atoms with Gasteiger partial charge in [0.1, 0.15) is 17.3 Å². The van der Waals surface area contributed by atoms with E-state index >= 15 is 0 Å². The fourth-order valence-corrected chi connectivity index (χ4v) is 3.30. The van der Waals surface area contributed by atoms with Crippen LogP contribution in [-0.2, 0) is 11.3 Å². The number of amides is 1. The number of methoxy groups -OCH3 is 1. The Morgan fingerprint density at radius 2 is 1.74 bits per heavy atom. The Hall–Kier alpha value is -2.86. The predicted molar refractivity (Wildman–Crippen MR) is 105 cm³/mol. The SMILES string of the molecule is COc1ccc(OC(C)C(=O)N(Cc2cccs2)c2ccc(F)cc2)cc1. The summed E-state index contributed by atoms with van der Waals surface area (Å²) >= 11 is 1.56. The highest BCUT2D eigenvalue weighted by molar-refractivity contribution is 7.09. The first-order valence-corrected chi connectivity index (χ1v) is 9.35. The van der Waals surface area contributed by atoms with Gasteiger partial charge in [-0.05, 0) is 66.9 Å². The number of hydrogen-bond donors (Lipinski definition) is 0. The third kappa shape index (κ3) is 4.86. The minimum absolute atomic E-state index is 0.203. The maximum atomic E-state index is 13.3. The van der Waals surface area contributed by atoms with Crippen LogP contribution in [0.15, 0.2) is 66.0 Å². The topological polar surface area (TPSA) is 38.8 Å². The molecule has 2 aromatic carbocycles. The number of hydrogen-bond acceptors (Lipinski definition) is 4. The second-order valence-corrected chi connectivity index (χ2v) is 6.95. The fourth-order valence-electron chi connectivity index (χ4n) is 2.60. The molecule has 1 amide bonds. The lowest BCUT2D eigenvalue weighted by Gasteiger charge is -2.26. The molecule has 0 saturated heterocycles. The summed E-state index contributed by atoms with van der Waals surface area (Å²) in [6.07, 6.45) is -0.705. The van der Waals surface area contributed by atoms with Crippen LogP contribution in [0.5, 0.6) is 11.5 Å². The van der Waals surface area contributed by atoms with Gasteiger partial charge in [0.05, 0.1) is 13.7 Å². The molecule has 0 saturated carbocycles. The van der Waals surface area contributed by atoms with Crippen LogP contribution in [0, 0.1) is 5.82 Å². The van der Waals surface area contributed by atoms with Crippen molar-refractivity contribution in [3.63, 3.8) is 0 Å². The van der Waals surface area contributed by atoms with Crippen molar-refractivity contribution in [3.8, 4) is 11.5 Å². The molecule has 0 N–H and O–H groups in total. The Morgan fingerprint density at radius 3 is 2.33 bits per heavy atom. The second-order valence-electron chi connectivity index (χ2n) is 5.92. The summed E-state index contributed by atoms with van der Waals surface area (Å²) in [5, 5.41) is 1.96. The molecular formula is C21H20FNO3S. The number of nitrogens with zero attached hydrogens (tertiary/aromatic N) is 1. The van der Waals surface area contributed by atoms with Gasteiger partial charge in [0, 0.05) is 10.6 Å². The summed E-state index contributed by atoms with van der Waals surface area (Å²) < 4.78 is 24.2. The van der Waals surface area contributed by atoms with E-state index in [4.69, 9.17) is 9.47 Å². The molecule has 0 bridgehead atoms. The van der Waals surface area contributed by atoms with Crippen molar-refractivity contribution < 1.29 is 18.7 Å². The lowest BCUT2D eigenvalue weighted by molar-refractivity contribution is -0.124. The number of rotatable bonds is 7. The van der Waals surface area contributed by atoms with Gasteiger partial charge in [0.25, 0.3) is 5.91 Å². The number of carbonyl (C=O) groups excluding carboxylic acids is 1. The minimum Gasteiger partial charge on any atom is -0.497 e. The molecule has 1 atom stereocenters. The summed E-state index contributed by atoms with van der Waals surface area (Å²) in [6.45, 7) is 2.11. The molecule has 3 rings (SSSR count). The van der Waals surface area contributed by atoms with Gasteiger partial charge in [-0.2, -0.15) is 0 Å². The van der Waals surface area contributed by atoms with Gasteiger partial charge in [-0.15, -0.1) is 11.3 Å². The Labute approximate surface area is 161 Å². The first kappa shape index (κ1) is 18.9. The van der Waals surface area contributed by atoms with Crippen LogP contribution in [0.25, 0.3) is 0 Å². The Bertz CT molecular complexity index is 863. The molecule has 0 aliphatic carbocycles. The Kier molecular flexibility index (Phi) is 6.08. The molecule has 3 aromatic rings. The van der Waals surface area contributed by atoms with Crippen molar-refractivity contribution in [1.29, 1.82) is 0 Å². The lowest BCUT2D eigenvalue weighted by atomic mass is 10.2. The van der Waals surface area contributed by atoms with E-state index in [0.717, 1.165) is 4.88 Å². The Balaban J connectivity index is 1.79. The van der Waals surface area contributed by atoms with Gasteiger partial charge < -0.3 is 14.4 Å². The molecule has 1 aromatic heterocycles. The third-order valence-corrected chi connectivity index (χ3v) is 4.88. The van der Waals surface area contributed by atoms with E-state index in [1.807, 2.05) is 17.5 Å². The molecule has 0 fully saturated rings. The van der Waals surface area contributed by atoms with Crippen molar-refractivity contribution in [2.45, 2.75) is 19.6 Å². The van der Waals surface area contributed by atoms with Crippen LogP contribution in [0.4, 0.5) is 10.1 Å². The molecule has 4 nitrogen and oxygen atoms in total. The highest BCUT2D eigenvalue weighted by atomic mass is 32.1. The standard InChI is InChI=1S/C21H20FNO3S/c1-15(26-19-11-9-18(25-2)10-12-19)21(24)23(14-20-4-3-13-27-20)17-7-5-16(22)6-8-17/h3-13,15H,14H2,1-2H3. The minimum atomic E-state index is -0.705. The zero-order valence-corrected chi connectivity index (χ0v) is 15.9. The third-order valence-electron chi connectivity index (χ3n) is 4.02. The van der Waals surface area contributed by atoms with Crippen LogP contribution in [0.2, 0.25) is 0 Å². The van der Waals surface area contributed by atoms with E-state index in [1.165, 1.54) is 12.1 Å². The van der Waals surface area contributed by atoms with E-state index in [0.29, 0.717) is 23.7 Å². The van der Waals surface area contributed by atoms with Gasteiger partial charge in [0.15, 0.2) is 6.10 Å². The number of carbonyl (C=O) groups is 1. The molecule has 0 radical (unpaired) electrons. The number of ether oxygens (including phenoxy) is 2. The van der Waals surface area contributed by atoms with Gasteiger partial charge in [0.2, 0.25) is 0 Å². The van der Waals surface area contributed by atoms with Crippen molar-refractivity contribution >= 4 is 22.9 Å². The zero-order chi connectivity index (χ0) is 19.2. The maximum absolute atomic E-state index is 13.3. The van der Waals surface area contributed by atoms with Gasteiger partial charge in [-0.1, -0.05) is 6.07 Å². The van der Waals surface area contributed by atoms with Gasteiger partial charge in [-0.3, -0.25) is 4.79 Å². The smallest absolute Gasteiger partial charge is 0.268 e. The molecule has 1 heterocycles. The molecule has 0 spiro atoms. The summed E-state index contributed by atoms with van der Waals surface area (Å²) in [6, 6.07) is 16.8. The summed E-state index contributed by atoms with van der Waals surface area (Å²) in [5.74, 6) is 0.745. The molecule has 27 heavy (non-hydrogen) atoms. The van der Waals surface area contributed by atoms with Crippen molar-refractivity contribution in [3.05, 3.63) is 76.7 Å². The summed E-state index contributed by atoms with van der Waals surface area (Å²) in [4.78, 5) is 15.7. The predicted octanol–water partition coefficient (Wildman–Crippen LogP) is 4.90. The van der Waals surface area contributed by atoms with Crippen LogP contribution >= 0.6 is 11.3 Å². The lowest BCUT2D eigenvalue weighted by Crippen LogP contribution is -2.40. The quantitative estimate of drug-likeness (QED) is 0.581. The van der Waals surface area contributed by atoms with Crippen molar-refractivity contribution in [2.75, 3.05) is 12.0 Å². The fraction of sp³-hybridized carbons (Fsp3) is 0.190. The number of benzene rings is 2. The van der Waals surface area contributed by atoms with E-state index in [2.05, 4.69) is 0 Å². The first-order valence-electron chi connectivity index (χ1n) is 8.47. The summed E-state index contributed by atoms with van der Waals surface area (Å²) in [7, 11) is 1.59. The van der Waals surface area contributed by atoms with E-state index in [9.17, 15) is 9.18 Å². The largest absolute Gasteiger partial charge is 0.497 e. The van der Waals surface area contributed by atoms with E-state index in [-0.39, 0.29) is 11.7 Å². The van der Waals surface area contributed by atoms with Crippen molar-refractivity contribution in [1.82, 2.24) is 0 Å². The summed E-state index contributed by atoms with van der Waals surface area (Å²) in [5.41, 5.74) is 0.625.